The summed E-state index contributed by atoms with van der Waals surface area (Å²) < 4.78 is 6.07. The van der Waals surface area contributed by atoms with Crippen molar-refractivity contribution in [1.29, 1.82) is 0 Å². The van der Waals surface area contributed by atoms with Crippen LogP contribution in [0.3, 0.4) is 0 Å². The number of carbonyl (C=O) groups excluding carboxylic acids is 6. The molecule has 1 aliphatic carbocycles. The van der Waals surface area contributed by atoms with Crippen molar-refractivity contribution in [3.63, 3.8) is 0 Å². The Morgan fingerprint density at radius 1 is 0.984 bits per heavy atom. The molecule has 2 heterocycles. The summed E-state index contributed by atoms with van der Waals surface area (Å²) in [5, 5.41) is 42.7. The number of aromatic hydroxyl groups is 1. The van der Waals surface area contributed by atoms with Gasteiger partial charge in [-0.3, -0.25) is 29.0 Å². The standard InChI is InChI=1S/C47H67N5O10/c1-29(2)42-45(59)49-38(28-33-16-13-19-35(54)27-33)46(60)52-26-14-20-37(51-52)47(61)62-40(30(3)15-12-23-41(56)48-34-17-8-6-9-18-34)22-11-7-10-21-39(55)32(5)43(57)36(44(58)50-42)25-24-31(4)53/h7,10-13,15-16,19,21,23,27,29,32,34,36-40,42-43,51,54-55,57H,6,8-9,14,17-18,20,22,24-26,28H2,1-5H3,(H,48,56)(H,49,59)(H,50,58)/t32-,36+,37?,38-,39-,40-,42-,43+/m0/s1. The van der Waals surface area contributed by atoms with Gasteiger partial charge in [-0.25, -0.2) is 5.43 Å². The number of esters is 1. The number of phenols is 1. The zero-order valence-corrected chi connectivity index (χ0v) is 36.8. The molecule has 62 heavy (non-hydrogen) atoms. The molecular formula is C47H67N5O10. The number of hydrogen-bond donors (Lipinski definition) is 7. The lowest BCUT2D eigenvalue weighted by atomic mass is 9.84. The number of carbonyl (C=O) groups is 6. The number of allylic oxidation sites excluding steroid dienone is 4. The van der Waals surface area contributed by atoms with E-state index in [0.29, 0.717) is 24.0 Å². The van der Waals surface area contributed by atoms with E-state index in [-0.39, 0.29) is 55.7 Å². The Balaban J connectivity index is 1.68. The van der Waals surface area contributed by atoms with Crippen molar-refractivity contribution in [2.45, 2.75) is 148 Å². The summed E-state index contributed by atoms with van der Waals surface area (Å²) in [5.41, 5.74) is 4.20. The highest BCUT2D eigenvalue weighted by molar-refractivity contribution is 5.93. The molecule has 1 saturated heterocycles. The smallest absolute Gasteiger partial charge is 0.325 e. The summed E-state index contributed by atoms with van der Waals surface area (Å²) in [5.74, 6) is -5.54. The number of aliphatic hydroxyl groups excluding tert-OH is 2. The van der Waals surface area contributed by atoms with Crippen molar-refractivity contribution < 1.29 is 48.8 Å². The number of phenolic OH excluding ortho intramolecular Hbond substituents is 1. The molecule has 4 rings (SSSR count). The van der Waals surface area contributed by atoms with Crippen LogP contribution < -0.4 is 21.4 Å². The van der Waals surface area contributed by atoms with Gasteiger partial charge in [-0.1, -0.05) is 88.6 Å². The molecular weight excluding hydrogens is 795 g/mol. The molecule has 15 nitrogen and oxygen atoms in total. The van der Waals surface area contributed by atoms with Gasteiger partial charge in [-0.05, 0) is 75.1 Å². The molecule has 1 saturated carbocycles. The fourth-order valence-electron chi connectivity index (χ4n) is 7.94. The number of nitrogens with zero attached hydrogens (tertiary/aromatic N) is 1. The van der Waals surface area contributed by atoms with Crippen LogP contribution in [0.15, 0.2) is 72.4 Å². The first kappa shape index (κ1) is 49.5. The Kier molecular flexibility index (Phi) is 19.6. The van der Waals surface area contributed by atoms with Gasteiger partial charge in [-0.15, -0.1) is 0 Å². The summed E-state index contributed by atoms with van der Waals surface area (Å²) >= 11 is 0. The first-order valence-electron chi connectivity index (χ1n) is 22.0. The highest BCUT2D eigenvalue weighted by atomic mass is 16.5. The number of fused-ring (bicyclic) bond motifs is 2. The second-order valence-electron chi connectivity index (χ2n) is 17.3. The fraction of sp³-hybridized carbons (Fsp3) is 0.574. The number of benzene rings is 1. The minimum Gasteiger partial charge on any atom is -0.508 e. The lowest BCUT2D eigenvalue weighted by Crippen LogP contribution is -2.62. The van der Waals surface area contributed by atoms with Crippen LogP contribution in [-0.4, -0.2) is 105 Å². The van der Waals surface area contributed by atoms with Crippen LogP contribution in [0, 0.1) is 17.8 Å². The Morgan fingerprint density at radius 3 is 2.42 bits per heavy atom. The van der Waals surface area contributed by atoms with E-state index in [4.69, 9.17) is 4.74 Å². The predicted octanol–water partition coefficient (Wildman–Crippen LogP) is 3.78. The lowest BCUT2D eigenvalue weighted by Gasteiger charge is -2.36. The molecule has 2 bridgehead atoms. The molecule has 0 radical (unpaired) electrons. The topological polar surface area (TPSA) is 224 Å². The maximum absolute atomic E-state index is 14.4. The largest absolute Gasteiger partial charge is 0.508 e. The summed E-state index contributed by atoms with van der Waals surface area (Å²) in [7, 11) is 0. The van der Waals surface area contributed by atoms with E-state index >= 15 is 0 Å². The molecule has 0 aromatic heterocycles. The average Bonchev–Trinajstić information content (AvgIpc) is 3.23. The third-order valence-corrected chi connectivity index (χ3v) is 11.8. The third-order valence-electron chi connectivity index (χ3n) is 11.8. The number of aliphatic hydroxyl groups is 2. The monoisotopic (exact) mass is 861 g/mol. The van der Waals surface area contributed by atoms with Crippen molar-refractivity contribution in [3.05, 3.63) is 77.9 Å². The van der Waals surface area contributed by atoms with Gasteiger partial charge in [0.15, 0.2) is 0 Å². The van der Waals surface area contributed by atoms with Gasteiger partial charge < -0.3 is 40.8 Å². The van der Waals surface area contributed by atoms with Crippen LogP contribution in [0.2, 0.25) is 0 Å². The summed E-state index contributed by atoms with van der Waals surface area (Å²) in [6, 6.07) is 3.10. The quantitative estimate of drug-likeness (QED) is 0.102. The molecule has 2 aliphatic heterocycles. The predicted molar refractivity (Wildman–Crippen MR) is 234 cm³/mol. The van der Waals surface area contributed by atoms with E-state index in [1.165, 1.54) is 42.6 Å². The van der Waals surface area contributed by atoms with Gasteiger partial charge in [0.05, 0.1) is 18.1 Å². The van der Waals surface area contributed by atoms with Crippen LogP contribution in [0.4, 0.5) is 0 Å². The number of ether oxygens (including phenoxy) is 1. The van der Waals surface area contributed by atoms with Crippen molar-refractivity contribution in [2.24, 2.45) is 17.8 Å². The molecule has 8 atom stereocenters. The highest BCUT2D eigenvalue weighted by Crippen LogP contribution is 2.24. The molecule has 15 heteroatoms. The maximum atomic E-state index is 14.4. The van der Waals surface area contributed by atoms with Crippen molar-refractivity contribution in [3.8, 4) is 5.75 Å². The number of nitrogens with one attached hydrogen (secondary N) is 4. The minimum absolute atomic E-state index is 0.0253. The fourth-order valence-corrected chi connectivity index (χ4v) is 7.94. The van der Waals surface area contributed by atoms with Crippen molar-refractivity contribution in [1.82, 2.24) is 26.4 Å². The zero-order chi connectivity index (χ0) is 45.3. The molecule has 340 valence electrons. The molecule has 0 spiro atoms. The number of hydrazine groups is 1. The van der Waals surface area contributed by atoms with Gasteiger partial charge in [0.2, 0.25) is 17.7 Å². The second kappa shape index (κ2) is 24.5. The first-order chi connectivity index (χ1) is 29.5. The van der Waals surface area contributed by atoms with Crippen LogP contribution in [-0.2, 0) is 39.9 Å². The molecule has 1 unspecified atom stereocenters. The number of Topliss-reactive ketones (excluding diaryl/α,β-unsaturated/α-hetero) is 1. The number of ketones is 1. The van der Waals surface area contributed by atoms with Gasteiger partial charge in [0.1, 0.15) is 35.8 Å². The van der Waals surface area contributed by atoms with E-state index in [9.17, 15) is 44.1 Å². The second-order valence-corrected chi connectivity index (χ2v) is 17.3. The third kappa shape index (κ3) is 15.3. The Hall–Kier alpha value is -5.12. The van der Waals surface area contributed by atoms with E-state index in [2.05, 4.69) is 21.4 Å². The first-order valence-corrected chi connectivity index (χ1v) is 22.0. The molecule has 1 aromatic carbocycles. The van der Waals surface area contributed by atoms with Crippen LogP contribution >= 0.6 is 0 Å². The molecule has 7 N–H and O–H groups in total. The van der Waals surface area contributed by atoms with Crippen LogP contribution in [0.1, 0.15) is 104 Å². The SMILES string of the molecule is CC(=O)CC[C@H]1C(=O)N[C@@H](C(C)C)C(=O)N[C@@H](Cc2cccc(O)c2)C(=O)N2CCCC(N2)C(=O)O[C@H](C(C)=CC=CC(=O)NC2CCCCC2)CC=CC=C[C@H](O)[C@H](C)[C@H]1O. The number of cyclic esters (lactones) is 1. The molecule has 3 aliphatic rings. The molecule has 2 fully saturated rings. The Morgan fingerprint density at radius 2 is 1.73 bits per heavy atom. The van der Waals surface area contributed by atoms with E-state index < -0.39 is 77.9 Å². The summed E-state index contributed by atoms with van der Waals surface area (Å²) in [6.45, 7) is 8.37. The minimum atomic E-state index is -1.42. The zero-order valence-electron chi connectivity index (χ0n) is 36.8. The Bertz CT molecular complexity index is 1840. The summed E-state index contributed by atoms with van der Waals surface area (Å²) in [4.78, 5) is 81.0. The van der Waals surface area contributed by atoms with E-state index in [1.807, 2.05) is 0 Å². The average molecular weight is 862 g/mol. The number of amides is 4. The number of hydrogen-bond acceptors (Lipinski definition) is 11. The van der Waals surface area contributed by atoms with Gasteiger partial charge in [0.25, 0.3) is 5.91 Å². The molecule has 1 aromatic rings. The highest BCUT2D eigenvalue weighted by Gasteiger charge is 2.38. The van der Waals surface area contributed by atoms with Gasteiger partial charge in [0, 0.05) is 43.8 Å². The van der Waals surface area contributed by atoms with E-state index in [1.54, 1.807) is 70.2 Å². The number of rotatable bonds is 10. The molecule has 4 amide bonds. The van der Waals surface area contributed by atoms with Crippen LogP contribution in [0.5, 0.6) is 5.75 Å². The van der Waals surface area contributed by atoms with Crippen molar-refractivity contribution >= 4 is 35.4 Å². The van der Waals surface area contributed by atoms with Gasteiger partial charge >= 0.3 is 5.97 Å². The van der Waals surface area contributed by atoms with E-state index in [0.717, 1.165) is 25.7 Å². The Labute approximate surface area is 365 Å². The van der Waals surface area contributed by atoms with Gasteiger partial charge in [-0.2, -0.15) is 0 Å². The summed E-state index contributed by atoms with van der Waals surface area (Å²) in [6.07, 6.45) is 14.0. The van der Waals surface area contributed by atoms with Crippen LogP contribution in [0.25, 0.3) is 0 Å². The maximum Gasteiger partial charge on any atom is 0.325 e. The lowest BCUT2D eigenvalue weighted by molar-refractivity contribution is -0.156. The normalized spacial score (nSPS) is 28.1. The van der Waals surface area contributed by atoms with Crippen molar-refractivity contribution in [2.75, 3.05) is 6.54 Å².